The van der Waals surface area contributed by atoms with Gasteiger partial charge in [-0.2, -0.15) is 0 Å². The Morgan fingerprint density at radius 3 is 2.35 bits per heavy atom. The molecule has 0 aromatic heterocycles. The molecule has 0 fully saturated rings. The average molecular weight is 319 g/mol. The van der Waals surface area contributed by atoms with Crippen LogP contribution >= 0.6 is 0 Å². The van der Waals surface area contributed by atoms with Crippen molar-refractivity contribution in [2.24, 2.45) is 0 Å². The molecule has 0 unspecified atom stereocenters. The van der Waals surface area contributed by atoms with E-state index in [-0.39, 0.29) is 11.9 Å². The van der Waals surface area contributed by atoms with Crippen LogP contribution < -0.4 is 14.2 Å². The van der Waals surface area contributed by atoms with Crippen LogP contribution in [0, 0.1) is 0 Å². The van der Waals surface area contributed by atoms with Gasteiger partial charge in [-0.1, -0.05) is 31.9 Å². The number of unbranched alkanes of at least 4 members (excludes halogenated alkanes) is 1. The lowest BCUT2D eigenvalue weighted by molar-refractivity contribution is 0.0742. The fourth-order valence-corrected chi connectivity index (χ4v) is 2.84. The summed E-state index contributed by atoms with van der Waals surface area (Å²) in [5.74, 6) is 1.46. The molecule has 1 aromatic carbocycles. The minimum atomic E-state index is -0.0182. The number of methoxy groups -OCH3 is 3. The van der Waals surface area contributed by atoms with Gasteiger partial charge in [-0.15, -0.1) is 0 Å². The molecule has 2 rings (SSSR count). The number of carbonyl (C=O) groups excluding carboxylic acids is 1. The third kappa shape index (κ3) is 3.60. The van der Waals surface area contributed by atoms with E-state index in [1.807, 2.05) is 4.90 Å². The predicted octanol–water partition coefficient (Wildman–Crippen LogP) is 3.28. The van der Waals surface area contributed by atoms with Gasteiger partial charge in [0.15, 0.2) is 11.5 Å². The van der Waals surface area contributed by atoms with Gasteiger partial charge in [0.1, 0.15) is 0 Å². The SMILES string of the molecule is CCCC[C@H]1C=CCN1C(=O)c1cc(OC)c(OC)c(OC)c1. The Morgan fingerprint density at radius 1 is 1.17 bits per heavy atom. The van der Waals surface area contributed by atoms with Crippen molar-refractivity contribution >= 4 is 5.91 Å². The highest BCUT2D eigenvalue weighted by Gasteiger charge is 2.27. The van der Waals surface area contributed by atoms with Gasteiger partial charge in [0, 0.05) is 12.1 Å². The predicted molar refractivity (Wildman–Crippen MR) is 89.6 cm³/mol. The van der Waals surface area contributed by atoms with Crippen molar-refractivity contribution < 1.29 is 19.0 Å². The molecule has 5 heteroatoms. The maximum Gasteiger partial charge on any atom is 0.254 e. The third-order valence-electron chi connectivity index (χ3n) is 4.09. The first-order chi connectivity index (χ1) is 11.2. The van der Waals surface area contributed by atoms with Gasteiger partial charge in [-0.3, -0.25) is 4.79 Å². The highest BCUT2D eigenvalue weighted by molar-refractivity contribution is 5.96. The topological polar surface area (TPSA) is 48.0 Å². The van der Waals surface area contributed by atoms with Gasteiger partial charge < -0.3 is 19.1 Å². The second-order valence-corrected chi connectivity index (χ2v) is 5.51. The van der Waals surface area contributed by atoms with Crippen LogP contribution in [0.15, 0.2) is 24.3 Å². The first-order valence-corrected chi connectivity index (χ1v) is 7.93. The molecule has 0 saturated carbocycles. The summed E-state index contributed by atoms with van der Waals surface area (Å²) in [5.41, 5.74) is 0.546. The minimum Gasteiger partial charge on any atom is -0.493 e. The summed E-state index contributed by atoms with van der Waals surface area (Å²) in [7, 11) is 4.65. The van der Waals surface area contributed by atoms with Crippen molar-refractivity contribution in [3.8, 4) is 17.2 Å². The van der Waals surface area contributed by atoms with Gasteiger partial charge in [-0.05, 0) is 18.6 Å². The van der Waals surface area contributed by atoms with Crippen molar-refractivity contribution in [3.63, 3.8) is 0 Å². The molecule has 0 bridgehead atoms. The lowest BCUT2D eigenvalue weighted by atomic mass is 10.1. The molecule has 1 amide bonds. The van der Waals surface area contributed by atoms with Crippen LogP contribution in [0.2, 0.25) is 0 Å². The molecular formula is C18H25NO4. The molecule has 1 atom stereocenters. The van der Waals surface area contributed by atoms with Gasteiger partial charge in [0.2, 0.25) is 5.75 Å². The molecule has 1 aromatic rings. The zero-order valence-corrected chi connectivity index (χ0v) is 14.3. The number of ether oxygens (including phenoxy) is 3. The van der Waals surface area contributed by atoms with Crippen molar-refractivity contribution in [2.75, 3.05) is 27.9 Å². The van der Waals surface area contributed by atoms with Crippen molar-refractivity contribution in [3.05, 3.63) is 29.8 Å². The molecule has 126 valence electrons. The molecule has 5 nitrogen and oxygen atoms in total. The molecule has 1 aliphatic rings. The highest BCUT2D eigenvalue weighted by atomic mass is 16.5. The van der Waals surface area contributed by atoms with E-state index in [1.165, 1.54) is 0 Å². The fraction of sp³-hybridized carbons (Fsp3) is 0.500. The van der Waals surface area contributed by atoms with Gasteiger partial charge in [0.25, 0.3) is 5.91 Å². The number of hydrogen-bond donors (Lipinski definition) is 0. The maximum atomic E-state index is 12.9. The number of hydrogen-bond acceptors (Lipinski definition) is 4. The molecular weight excluding hydrogens is 294 g/mol. The lowest BCUT2D eigenvalue weighted by Crippen LogP contribution is -2.36. The van der Waals surface area contributed by atoms with Crippen molar-refractivity contribution in [1.82, 2.24) is 4.90 Å². The van der Waals surface area contributed by atoms with E-state index in [0.29, 0.717) is 29.4 Å². The molecule has 0 aliphatic carbocycles. The van der Waals surface area contributed by atoms with E-state index in [2.05, 4.69) is 19.1 Å². The summed E-state index contributed by atoms with van der Waals surface area (Å²) in [4.78, 5) is 14.8. The summed E-state index contributed by atoms with van der Waals surface area (Å²) in [6, 6.07) is 3.58. The second kappa shape index (κ2) is 7.90. The van der Waals surface area contributed by atoms with Crippen molar-refractivity contribution in [2.45, 2.75) is 32.2 Å². The zero-order chi connectivity index (χ0) is 16.8. The highest BCUT2D eigenvalue weighted by Crippen LogP contribution is 2.38. The molecule has 0 N–H and O–H groups in total. The number of carbonyl (C=O) groups is 1. The Balaban J connectivity index is 2.28. The monoisotopic (exact) mass is 319 g/mol. The fourth-order valence-electron chi connectivity index (χ4n) is 2.84. The van der Waals surface area contributed by atoms with E-state index in [0.717, 1.165) is 19.3 Å². The summed E-state index contributed by atoms with van der Waals surface area (Å²) in [6.07, 6.45) is 7.38. The number of benzene rings is 1. The first-order valence-electron chi connectivity index (χ1n) is 7.93. The normalized spacial score (nSPS) is 16.5. The maximum absolute atomic E-state index is 12.9. The largest absolute Gasteiger partial charge is 0.493 e. The van der Waals surface area contributed by atoms with Crippen LogP contribution in [-0.2, 0) is 0 Å². The Bertz CT molecular complexity index is 557. The van der Waals surface area contributed by atoms with Gasteiger partial charge in [0.05, 0.1) is 27.4 Å². The quantitative estimate of drug-likeness (QED) is 0.724. The Morgan fingerprint density at radius 2 is 1.83 bits per heavy atom. The standard InChI is InChI=1S/C18H25NO4/c1-5-6-8-14-9-7-10-19(14)18(20)13-11-15(21-2)17(23-4)16(12-13)22-3/h7,9,11-12,14H,5-6,8,10H2,1-4H3/t14-/m0/s1. The molecule has 23 heavy (non-hydrogen) atoms. The smallest absolute Gasteiger partial charge is 0.254 e. The minimum absolute atomic E-state index is 0.0182. The van der Waals surface area contributed by atoms with Crippen LogP contribution in [-0.4, -0.2) is 44.7 Å². The summed E-state index contributed by atoms with van der Waals surface area (Å²) < 4.78 is 16.0. The average Bonchev–Trinajstić information content (AvgIpc) is 3.06. The Labute approximate surface area is 137 Å². The molecule has 0 radical (unpaired) electrons. The van der Waals surface area contributed by atoms with Crippen LogP contribution in [0.4, 0.5) is 0 Å². The number of nitrogens with zero attached hydrogens (tertiary/aromatic N) is 1. The van der Waals surface area contributed by atoms with Crippen LogP contribution in [0.1, 0.15) is 36.5 Å². The van der Waals surface area contributed by atoms with Crippen LogP contribution in [0.5, 0.6) is 17.2 Å². The second-order valence-electron chi connectivity index (χ2n) is 5.51. The van der Waals surface area contributed by atoms with Gasteiger partial charge >= 0.3 is 0 Å². The number of amides is 1. The van der Waals surface area contributed by atoms with E-state index < -0.39 is 0 Å². The third-order valence-corrected chi connectivity index (χ3v) is 4.09. The first kappa shape index (κ1) is 17.2. The lowest BCUT2D eigenvalue weighted by Gasteiger charge is -2.25. The van der Waals surface area contributed by atoms with Gasteiger partial charge in [-0.25, -0.2) is 0 Å². The summed E-state index contributed by atoms with van der Waals surface area (Å²) in [6.45, 7) is 2.80. The molecule has 1 heterocycles. The molecule has 1 aliphatic heterocycles. The molecule has 0 saturated heterocycles. The van der Waals surface area contributed by atoms with E-state index in [4.69, 9.17) is 14.2 Å². The summed E-state index contributed by atoms with van der Waals surface area (Å²) >= 11 is 0. The van der Waals surface area contributed by atoms with E-state index >= 15 is 0 Å². The van der Waals surface area contributed by atoms with E-state index in [1.54, 1.807) is 33.5 Å². The summed E-state index contributed by atoms with van der Waals surface area (Å²) in [5, 5.41) is 0. The Hall–Kier alpha value is -2.17. The number of rotatable bonds is 7. The Kier molecular flexibility index (Phi) is 5.90. The molecule has 0 spiro atoms. The van der Waals surface area contributed by atoms with Crippen LogP contribution in [0.3, 0.4) is 0 Å². The van der Waals surface area contributed by atoms with Crippen molar-refractivity contribution in [1.29, 1.82) is 0 Å². The zero-order valence-electron chi connectivity index (χ0n) is 14.3. The van der Waals surface area contributed by atoms with Crippen LogP contribution in [0.25, 0.3) is 0 Å². The van der Waals surface area contributed by atoms with E-state index in [9.17, 15) is 4.79 Å².